The van der Waals surface area contributed by atoms with Crippen molar-refractivity contribution in [3.05, 3.63) is 23.3 Å². The van der Waals surface area contributed by atoms with Crippen LogP contribution in [0, 0.1) is 5.92 Å². The lowest BCUT2D eigenvalue weighted by Crippen LogP contribution is -2.42. The lowest BCUT2D eigenvalue weighted by Gasteiger charge is -2.33. The molecule has 0 spiro atoms. The van der Waals surface area contributed by atoms with E-state index in [0.29, 0.717) is 25.7 Å². The second kappa shape index (κ2) is 7.63. The molecule has 1 aliphatic heterocycles. The standard InChI is InChI=1S/C19H30O4/c1-13-5-4-6-14(2)16(20)11-15-9-10-19(3,17(21)8-7-13)23-18(22)12-15/h5-6,15-17,20-21H,4,7-12H2,1-3H3/b13-5+,14-6+/t15?,16?,17?,19-/m0/s1. The third-order valence-electron chi connectivity index (χ3n) is 5.36. The van der Waals surface area contributed by atoms with Crippen molar-refractivity contribution in [1.29, 1.82) is 0 Å². The summed E-state index contributed by atoms with van der Waals surface area (Å²) in [5.41, 5.74) is 1.36. The Kier molecular flexibility index (Phi) is 6.04. The molecule has 2 aliphatic rings. The van der Waals surface area contributed by atoms with Crippen LogP contribution in [0.5, 0.6) is 0 Å². The molecule has 1 saturated heterocycles. The number of aliphatic hydroxyl groups excluding tert-OH is 2. The fourth-order valence-electron chi connectivity index (χ4n) is 3.47. The van der Waals surface area contributed by atoms with Crippen molar-refractivity contribution in [1.82, 2.24) is 0 Å². The van der Waals surface area contributed by atoms with Gasteiger partial charge >= 0.3 is 5.97 Å². The van der Waals surface area contributed by atoms with Gasteiger partial charge in [-0.1, -0.05) is 17.7 Å². The summed E-state index contributed by atoms with van der Waals surface area (Å²) in [5.74, 6) is -0.153. The van der Waals surface area contributed by atoms with Gasteiger partial charge in [0, 0.05) is 6.42 Å². The molecule has 1 aliphatic carbocycles. The SMILES string of the molecule is C/C1=C\C/C=C(\C)C(O)CC2CC[C@](C)(OC(=O)C2)C(O)CC1. The second-order valence-corrected chi connectivity index (χ2v) is 7.44. The van der Waals surface area contributed by atoms with Gasteiger partial charge in [-0.2, -0.15) is 0 Å². The lowest BCUT2D eigenvalue weighted by atomic mass is 9.84. The predicted octanol–water partition coefficient (Wildman–Crippen LogP) is 3.28. The fourth-order valence-corrected chi connectivity index (χ4v) is 3.47. The number of fused-ring (bicyclic) bond motifs is 3. The first-order chi connectivity index (χ1) is 10.8. The van der Waals surface area contributed by atoms with Crippen molar-refractivity contribution < 1.29 is 19.7 Å². The first-order valence-corrected chi connectivity index (χ1v) is 8.70. The van der Waals surface area contributed by atoms with Gasteiger partial charge in [0.1, 0.15) is 5.60 Å². The lowest BCUT2D eigenvalue weighted by molar-refractivity contribution is -0.169. The molecule has 4 atom stereocenters. The van der Waals surface area contributed by atoms with E-state index in [0.717, 1.165) is 24.8 Å². The smallest absolute Gasteiger partial charge is 0.306 e. The molecule has 23 heavy (non-hydrogen) atoms. The van der Waals surface area contributed by atoms with E-state index >= 15 is 0 Å². The highest BCUT2D eigenvalue weighted by Gasteiger charge is 2.40. The van der Waals surface area contributed by atoms with E-state index in [9.17, 15) is 15.0 Å². The zero-order valence-electron chi connectivity index (χ0n) is 14.5. The highest BCUT2D eigenvalue weighted by Crippen LogP contribution is 2.35. The average molecular weight is 322 g/mol. The number of ether oxygens (including phenoxy) is 1. The van der Waals surface area contributed by atoms with E-state index in [-0.39, 0.29) is 11.9 Å². The van der Waals surface area contributed by atoms with Gasteiger partial charge in [-0.15, -0.1) is 0 Å². The van der Waals surface area contributed by atoms with Crippen LogP contribution in [0.15, 0.2) is 23.3 Å². The van der Waals surface area contributed by atoms with Gasteiger partial charge in [-0.25, -0.2) is 0 Å². The van der Waals surface area contributed by atoms with Crippen LogP contribution in [0.1, 0.15) is 65.7 Å². The number of carbonyl (C=O) groups is 1. The minimum absolute atomic E-state index is 0.107. The van der Waals surface area contributed by atoms with E-state index in [1.165, 1.54) is 5.57 Å². The molecule has 0 radical (unpaired) electrons. The first kappa shape index (κ1) is 18.2. The van der Waals surface area contributed by atoms with Gasteiger partial charge in [-0.3, -0.25) is 4.79 Å². The molecule has 4 heteroatoms. The zero-order valence-corrected chi connectivity index (χ0v) is 14.5. The molecule has 0 aromatic rings. The van der Waals surface area contributed by atoms with E-state index < -0.39 is 17.8 Å². The summed E-state index contributed by atoms with van der Waals surface area (Å²) in [5, 5.41) is 20.9. The van der Waals surface area contributed by atoms with Gasteiger partial charge in [-0.05, 0) is 70.8 Å². The second-order valence-electron chi connectivity index (χ2n) is 7.44. The van der Waals surface area contributed by atoms with Crippen molar-refractivity contribution in [3.8, 4) is 0 Å². The quantitative estimate of drug-likeness (QED) is 0.530. The maximum absolute atomic E-state index is 12.1. The Morgan fingerprint density at radius 1 is 1.22 bits per heavy atom. The zero-order chi connectivity index (χ0) is 17.0. The topological polar surface area (TPSA) is 66.8 Å². The molecule has 0 saturated carbocycles. The summed E-state index contributed by atoms with van der Waals surface area (Å²) < 4.78 is 5.61. The predicted molar refractivity (Wildman–Crippen MR) is 89.8 cm³/mol. The van der Waals surface area contributed by atoms with Crippen LogP contribution < -0.4 is 0 Å². The van der Waals surface area contributed by atoms with E-state index in [4.69, 9.17) is 4.74 Å². The highest BCUT2D eigenvalue weighted by atomic mass is 16.6. The van der Waals surface area contributed by atoms with Crippen LogP contribution in [0.3, 0.4) is 0 Å². The summed E-state index contributed by atoms with van der Waals surface area (Å²) in [4.78, 5) is 12.1. The summed E-state index contributed by atoms with van der Waals surface area (Å²) in [6.45, 7) is 5.84. The van der Waals surface area contributed by atoms with Crippen LogP contribution in [0.25, 0.3) is 0 Å². The van der Waals surface area contributed by atoms with E-state index in [1.54, 1.807) is 0 Å². The number of allylic oxidation sites excluding steroid dienone is 3. The maximum atomic E-state index is 12.1. The van der Waals surface area contributed by atoms with Crippen LogP contribution >= 0.6 is 0 Å². The van der Waals surface area contributed by atoms with E-state index in [2.05, 4.69) is 19.1 Å². The third-order valence-corrected chi connectivity index (χ3v) is 5.36. The molecule has 1 heterocycles. The summed E-state index contributed by atoms with van der Waals surface area (Å²) in [7, 11) is 0. The first-order valence-electron chi connectivity index (χ1n) is 8.70. The Morgan fingerprint density at radius 2 is 1.96 bits per heavy atom. The molecule has 3 unspecified atom stereocenters. The maximum Gasteiger partial charge on any atom is 0.306 e. The minimum atomic E-state index is -0.813. The Labute approximate surface area is 139 Å². The number of esters is 1. The van der Waals surface area contributed by atoms with Gasteiger partial charge in [0.05, 0.1) is 12.2 Å². The monoisotopic (exact) mass is 322 g/mol. The molecule has 130 valence electrons. The van der Waals surface area contributed by atoms with Crippen molar-refractivity contribution in [3.63, 3.8) is 0 Å². The number of aliphatic hydroxyl groups is 2. The molecular weight excluding hydrogens is 292 g/mol. The van der Waals surface area contributed by atoms with E-state index in [1.807, 2.05) is 13.8 Å². The molecule has 0 aromatic carbocycles. The van der Waals surface area contributed by atoms with Crippen LogP contribution in [0.4, 0.5) is 0 Å². The number of hydrogen-bond acceptors (Lipinski definition) is 4. The van der Waals surface area contributed by atoms with Gasteiger partial charge in [0.25, 0.3) is 0 Å². The molecule has 0 aromatic heterocycles. The molecule has 2 N–H and O–H groups in total. The molecule has 0 amide bonds. The Bertz CT molecular complexity index is 494. The number of rotatable bonds is 0. The summed E-state index contributed by atoms with van der Waals surface area (Å²) in [6.07, 6.45) is 7.53. The minimum Gasteiger partial charge on any atom is -0.457 e. The molecule has 2 bridgehead atoms. The largest absolute Gasteiger partial charge is 0.457 e. The summed E-state index contributed by atoms with van der Waals surface area (Å²) in [6, 6.07) is 0. The third kappa shape index (κ3) is 4.92. The number of hydrogen-bond donors (Lipinski definition) is 2. The van der Waals surface area contributed by atoms with Gasteiger partial charge in [0.15, 0.2) is 0 Å². The van der Waals surface area contributed by atoms with Crippen molar-refractivity contribution in [2.75, 3.05) is 0 Å². The molecular formula is C19H30O4. The van der Waals surface area contributed by atoms with Crippen LogP contribution in [-0.2, 0) is 9.53 Å². The molecule has 2 rings (SSSR count). The fraction of sp³-hybridized carbons (Fsp3) is 0.737. The molecule has 1 fully saturated rings. The van der Waals surface area contributed by atoms with Gasteiger partial charge < -0.3 is 14.9 Å². The molecule has 4 nitrogen and oxygen atoms in total. The van der Waals surface area contributed by atoms with Crippen LogP contribution in [-0.4, -0.2) is 34.0 Å². The van der Waals surface area contributed by atoms with Crippen LogP contribution in [0.2, 0.25) is 0 Å². The Hall–Kier alpha value is -1.13. The Morgan fingerprint density at radius 3 is 2.70 bits per heavy atom. The Balaban J connectivity index is 2.25. The highest BCUT2D eigenvalue weighted by molar-refractivity contribution is 5.70. The van der Waals surface area contributed by atoms with Crippen molar-refractivity contribution in [2.45, 2.75) is 83.5 Å². The normalized spacial score (nSPS) is 41.8. The van der Waals surface area contributed by atoms with Gasteiger partial charge in [0.2, 0.25) is 0 Å². The number of carbonyl (C=O) groups excluding carboxylic acids is 1. The summed E-state index contributed by atoms with van der Waals surface area (Å²) >= 11 is 0. The van der Waals surface area contributed by atoms with Crippen molar-refractivity contribution in [2.24, 2.45) is 5.92 Å². The van der Waals surface area contributed by atoms with Crippen molar-refractivity contribution >= 4 is 5.97 Å². The average Bonchev–Trinajstić information content (AvgIpc) is 2.62.